The molecule has 102 valence electrons. The maximum absolute atomic E-state index is 14.0. The second-order valence-corrected chi connectivity index (χ2v) is 4.97. The summed E-state index contributed by atoms with van der Waals surface area (Å²) in [5.41, 5.74) is 0.567. The first-order chi connectivity index (χ1) is 9.04. The highest BCUT2D eigenvalue weighted by Crippen LogP contribution is 2.28. The Morgan fingerprint density at radius 3 is 2.47 bits per heavy atom. The Labute approximate surface area is 117 Å². The van der Waals surface area contributed by atoms with Gasteiger partial charge in [0.15, 0.2) is 0 Å². The first-order valence-electron chi connectivity index (χ1n) is 5.77. The molecule has 0 aliphatic rings. The molecular formula is C12H13BrF2N4. The number of nitrogens with zero attached hydrogens (tertiary/aromatic N) is 3. The van der Waals surface area contributed by atoms with E-state index >= 15 is 0 Å². The minimum atomic E-state index is -0.627. The van der Waals surface area contributed by atoms with Gasteiger partial charge in [0.05, 0.1) is 17.9 Å². The van der Waals surface area contributed by atoms with Crippen LogP contribution in [0.4, 0.5) is 8.78 Å². The molecule has 0 aliphatic heterocycles. The van der Waals surface area contributed by atoms with Crippen molar-refractivity contribution in [3.05, 3.63) is 45.7 Å². The van der Waals surface area contributed by atoms with Crippen molar-refractivity contribution in [2.75, 3.05) is 6.54 Å². The molecule has 4 nitrogen and oxygen atoms in total. The van der Waals surface area contributed by atoms with E-state index in [9.17, 15) is 8.78 Å². The van der Waals surface area contributed by atoms with Crippen molar-refractivity contribution in [1.82, 2.24) is 20.3 Å². The summed E-state index contributed by atoms with van der Waals surface area (Å²) in [5.74, 6) is -1.22. The number of nitrogens with one attached hydrogen (secondary N) is 1. The summed E-state index contributed by atoms with van der Waals surface area (Å²) >= 11 is 3.07. The molecule has 1 N–H and O–H groups in total. The SMILES string of the molecule is CCNC(c1c(F)cc(Br)cc1F)c1cnnn1C. The van der Waals surface area contributed by atoms with E-state index < -0.39 is 17.7 Å². The molecule has 0 aliphatic carbocycles. The lowest BCUT2D eigenvalue weighted by atomic mass is 10.0. The third-order valence-electron chi connectivity index (χ3n) is 2.79. The quantitative estimate of drug-likeness (QED) is 0.936. The van der Waals surface area contributed by atoms with Crippen LogP contribution in [-0.2, 0) is 7.05 Å². The summed E-state index contributed by atoms with van der Waals surface area (Å²) in [4.78, 5) is 0. The van der Waals surface area contributed by atoms with Crippen LogP contribution in [0.3, 0.4) is 0 Å². The molecular weight excluding hydrogens is 318 g/mol. The molecule has 1 aromatic heterocycles. The van der Waals surface area contributed by atoms with Gasteiger partial charge in [0, 0.05) is 17.1 Å². The fraction of sp³-hybridized carbons (Fsp3) is 0.333. The summed E-state index contributed by atoms with van der Waals surface area (Å²) in [6.45, 7) is 2.43. The predicted octanol–water partition coefficient (Wildman–Crippen LogP) is 2.55. The highest BCUT2D eigenvalue weighted by atomic mass is 79.9. The number of rotatable bonds is 4. The van der Waals surface area contributed by atoms with Crippen molar-refractivity contribution >= 4 is 15.9 Å². The molecule has 0 fully saturated rings. The fourth-order valence-electron chi connectivity index (χ4n) is 1.95. The lowest BCUT2D eigenvalue weighted by Gasteiger charge is -2.19. The number of hydrogen-bond acceptors (Lipinski definition) is 3. The highest BCUT2D eigenvalue weighted by Gasteiger charge is 2.24. The molecule has 1 heterocycles. The number of aryl methyl sites for hydroxylation is 1. The van der Waals surface area contributed by atoms with E-state index in [1.807, 2.05) is 6.92 Å². The van der Waals surface area contributed by atoms with Gasteiger partial charge >= 0.3 is 0 Å². The maximum atomic E-state index is 14.0. The van der Waals surface area contributed by atoms with Crippen molar-refractivity contribution in [2.24, 2.45) is 7.05 Å². The first-order valence-corrected chi connectivity index (χ1v) is 6.56. The lowest BCUT2D eigenvalue weighted by molar-refractivity contribution is 0.491. The van der Waals surface area contributed by atoms with Crippen LogP contribution in [0, 0.1) is 11.6 Å². The normalized spacial score (nSPS) is 12.7. The van der Waals surface area contributed by atoms with E-state index in [1.54, 1.807) is 7.05 Å². The summed E-state index contributed by atoms with van der Waals surface area (Å²) in [7, 11) is 1.68. The maximum Gasteiger partial charge on any atom is 0.132 e. The molecule has 19 heavy (non-hydrogen) atoms. The van der Waals surface area contributed by atoms with Crippen LogP contribution in [0.25, 0.3) is 0 Å². The number of halogens is 3. The summed E-state index contributed by atoms with van der Waals surface area (Å²) in [6.07, 6.45) is 1.49. The zero-order chi connectivity index (χ0) is 14.0. The number of benzene rings is 1. The van der Waals surface area contributed by atoms with Crippen LogP contribution in [0.1, 0.15) is 24.2 Å². The average Bonchev–Trinajstić information content (AvgIpc) is 2.73. The molecule has 0 saturated heterocycles. The molecule has 1 aromatic carbocycles. The minimum Gasteiger partial charge on any atom is -0.305 e. The van der Waals surface area contributed by atoms with Crippen LogP contribution in [0.5, 0.6) is 0 Å². The third-order valence-corrected chi connectivity index (χ3v) is 3.24. The van der Waals surface area contributed by atoms with Crippen molar-refractivity contribution in [3.63, 3.8) is 0 Å². The molecule has 0 amide bonds. The number of aromatic nitrogens is 3. The third kappa shape index (κ3) is 2.82. The van der Waals surface area contributed by atoms with Gasteiger partial charge in [-0.1, -0.05) is 28.1 Å². The Hall–Kier alpha value is -1.34. The second kappa shape index (κ2) is 5.75. The van der Waals surface area contributed by atoms with Gasteiger partial charge in [-0.3, -0.25) is 4.68 Å². The highest BCUT2D eigenvalue weighted by molar-refractivity contribution is 9.10. The Kier molecular flexibility index (Phi) is 4.26. The van der Waals surface area contributed by atoms with Crippen LogP contribution in [-0.4, -0.2) is 21.5 Å². The van der Waals surface area contributed by atoms with Gasteiger partial charge in [0.1, 0.15) is 11.6 Å². The zero-order valence-electron chi connectivity index (χ0n) is 10.5. The van der Waals surface area contributed by atoms with Gasteiger partial charge < -0.3 is 5.32 Å². The molecule has 2 rings (SSSR count). The van der Waals surface area contributed by atoms with Crippen LogP contribution in [0.2, 0.25) is 0 Å². The molecule has 7 heteroatoms. The summed E-state index contributed by atoms with van der Waals surface area (Å²) in [5, 5.41) is 10.6. The fourth-order valence-corrected chi connectivity index (χ4v) is 2.35. The lowest BCUT2D eigenvalue weighted by Crippen LogP contribution is -2.26. The van der Waals surface area contributed by atoms with E-state index in [2.05, 4.69) is 31.6 Å². The van der Waals surface area contributed by atoms with E-state index in [1.165, 1.54) is 23.0 Å². The van der Waals surface area contributed by atoms with Gasteiger partial charge in [-0.25, -0.2) is 8.78 Å². The van der Waals surface area contributed by atoms with Gasteiger partial charge in [-0.15, -0.1) is 5.10 Å². The Bertz CT molecular complexity index is 562. The smallest absolute Gasteiger partial charge is 0.132 e. The van der Waals surface area contributed by atoms with Crippen molar-refractivity contribution < 1.29 is 8.78 Å². The van der Waals surface area contributed by atoms with Crippen LogP contribution in [0.15, 0.2) is 22.8 Å². The monoisotopic (exact) mass is 330 g/mol. The Morgan fingerprint density at radius 2 is 2.00 bits per heavy atom. The summed E-state index contributed by atoms with van der Waals surface area (Å²) < 4.78 is 30.0. The average molecular weight is 331 g/mol. The van der Waals surface area contributed by atoms with Gasteiger partial charge in [-0.05, 0) is 18.7 Å². The topological polar surface area (TPSA) is 42.7 Å². The largest absolute Gasteiger partial charge is 0.305 e. The van der Waals surface area contributed by atoms with Gasteiger partial charge in [0.25, 0.3) is 0 Å². The van der Waals surface area contributed by atoms with Crippen molar-refractivity contribution in [2.45, 2.75) is 13.0 Å². The standard InChI is InChI=1S/C12H13BrF2N4/c1-3-16-12(10-6-17-18-19(10)2)11-8(14)4-7(13)5-9(11)15/h4-6,12,16H,3H2,1-2H3. The first kappa shape index (κ1) is 14.1. The van der Waals surface area contributed by atoms with Crippen molar-refractivity contribution in [1.29, 1.82) is 0 Å². The molecule has 2 aromatic rings. The van der Waals surface area contributed by atoms with E-state index in [0.29, 0.717) is 16.7 Å². The Balaban J connectivity index is 2.54. The second-order valence-electron chi connectivity index (χ2n) is 4.06. The molecule has 0 spiro atoms. The van der Waals surface area contributed by atoms with E-state index in [4.69, 9.17) is 0 Å². The van der Waals surface area contributed by atoms with E-state index in [0.717, 1.165) is 0 Å². The molecule has 0 bridgehead atoms. The zero-order valence-corrected chi connectivity index (χ0v) is 12.1. The Morgan fingerprint density at radius 1 is 1.37 bits per heavy atom. The summed E-state index contributed by atoms with van der Waals surface area (Å²) in [6, 6.07) is 1.86. The molecule has 1 atom stereocenters. The predicted molar refractivity (Wildman–Crippen MR) is 70.6 cm³/mol. The van der Waals surface area contributed by atoms with Gasteiger partial charge in [0.2, 0.25) is 0 Å². The van der Waals surface area contributed by atoms with E-state index in [-0.39, 0.29) is 5.56 Å². The molecule has 0 radical (unpaired) electrons. The molecule has 0 saturated carbocycles. The molecule has 1 unspecified atom stereocenters. The van der Waals surface area contributed by atoms with Gasteiger partial charge in [-0.2, -0.15) is 0 Å². The van der Waals surface area contributed by atoms with Crippen LogP contribution >= 0.6 is 15.9 Å². The van der Waals surface area contributed by atoms with Crippen molar-refractivity contribution in [3.8, 4) is 0 Å². The van der Waals surface area contributed by atoms with Crippen LogP contribution < -0.4 is 5.32 Å². The number of hydrogen-bond donors (Lipinski definition) is 1. The minimum absolute atomic E-state index is 0.0320.